The lowest BCUT2D eigenvalue weighted by Gasteiger charge is -2.34. The standard InChI is InChI=1S/C14H17N5S2/c1-9-11-12(18(2)17-9)16-14(21-11)19-7-4-3-5-10(19)13-15-6-8-20-13/h6,8,10H,3-5,7H2,1-2H3/t10-/m0/s1. The molecule has 1 saturated heterocycles. The fourth-order valence-electron chi connectivity index (χ4n) is 3.01. The maximum Gasteiger partial charge on any atom is 0.188 e. The lowest BCUT2D eigenvalue weighted by atomic mass is 10.0. The molecule has 0 aliphatic carbocycles. The molecule has 0 spiro atoms. The summed E-state index contributed by atoms with van der Waals surface area (Å²) < 4.78 is 3.09. The minimum atomic E-state index is 0.382. The average Bonchev–Trinajstić information content (AvgIpc) is 3.20. The molecule has 4 heterocycles. The Hall–Kier alpha value is -1.47. The zero-order valence-electron chi connectivity index (χ0n) is 12.1. The van der Waals surface area contributed by atoms with E-state index in [0.717, 1.165) is 23.0 Å². The topological polar surface area (TPSA) is 46.8 Å². The summed E-state index contributed by atoms with van der Waals surface area (Å²) in [6.45, 7) is 3.12. The van der Waals surface area contributed by atoms with E-state index in [0.29, 0.717) is 6.04 Å². The molecule has 4 rings (SSSR count). The van der Waals surface area contributed by atoms with Gasteiger partial charge in [0.25, 0.3) is 0 Å². The molecule has 0 saturated carbocycles. The van der Waals surface area contributed by atoms with Crippen molar-refractivity contribution in [3.63, 3.8) is 0 Å². The second kappa shape index (κ2) is 5.06. The van der Waals surface area contributed by atoms with Crippen molar-refractivity contribution in [2.75, 3.05) is 11.4 Å². The molecule has 5 nitrogen and oxygen atoms in total. The van der Waals surface area contributed by atoms with E-state index in [1.807, 2.05) is 17.9 Å². The zero-order chi connectivity index (χ0) is 14.4. The van der Waals surface area contributed by atoms with E-state index in [-0.39, 0.29) is 0 Å². The lowest BCUT2D eigenvalue weighted by molar-refractivity contribution is 0.471. The predicted molar refractivity (Wildman–Crippen MR) is 87.2 cm³/mol. The molecule has 1 aliphatic heterocycles. The number of hydrogen-bond acceptors (Lipinski definition) is 6. The number of rotatable bonds is 2. The Morgan fingerprint density at radius 1 is 1.33 bits per heavy atom. The minimum absolute atomic E-state index is 0.382. The average molecular weight is 319 g/mol. The largest absolute Gasteiger partial charge is 0.339 e. The first-order valence-corrected chi connectivity index (χ1v) is 8.90. The van der Waals surface area contributed by atoms with Crippen LogP contribution in [0.5, 0.6) is 0 Å². The highest BCUT2D eigenvalue weighted by Gasteiger charge is 2.29. The van der Waals surface area contributed by atoms with Gasteiger partial charge in [0.15, 0.2) is 10.8 Å². The minimum Gasteiger partial charge on any atom is -0.339 e. The van der Waals surface area contributed by atoms with Gasteiger partial charge >= 0.3 is 0 Å². The Morgan fingerprint density at radius 3 is 3.00 bits per heavy atom. The van der Waals surface area contributed by atoms with Crippen LogP contribution in [0.15, 0.2) is 11.6 Å². The summed E-state index contributed by atoms with van der Waals surface area (Å²) in [4.78, 5) is 11.8. The Labute approximate surface area is 131 Å². The molecule has 3 aromatic rings. The molecule has 21 heavy (non-hydrogen) atoms. The summed E-state index contributed by atoms with van der Waals surface area (Å²) >= 11 is 3.51. The summed E-state index contributed by atoms with van der Waals surface area (Å²) in [5, 5.41) is 8.83. The molecule has 110 valence electrons. The van der Waals surface area contributed by atoms with Gasteiger partial charge in [-0.05, 0) is 26.2 Å². The Morgan fingerprint density at radius 2 is 2.24 bits per heavy atom. The highest BCUT2D eigenvalue weighted by atomic mass is 32.1. The highest BCUT2D eigenvalue weighted by Crippen LogP contribution is 2.39. The van der Waals surface area contributed by atoms with Crippen molar-refractivity contribution in [2.24, 2.45) is 7.05 Å². The zero-order valence-corrected chi connectivity index (χ0v) is 13.7. The van der Waals surface area contributed by atoms with Crippen LogP contribution >= 0.6 is 22.7 Å². The number of hydrogen-bond donors (Lipinski definition) is 0. The molecule has 0 bridgehead atoms. The summed E-state index contributed by atoms with van der Waals surface area (Å²) in [5.41, 5.74) is 2.06. The predicted octanol–water partition coefficient (Wildman–Crippen LogP) is 3.53. The van der Waals surface area contributed by atoms with E-state index in [1.54, 1.807) is 22.7 Å². The van der Waals surface area contributed by atoms with E-state index in [2.05, 4.69) is 27.3 Å². The van der Waals surface area contributed by atoms with Crippen LogP contribution in [0.3, 0.4) is 0 Å². The van der Waals surface area contributed by atoms with Crippen molar-refractivity contribution >= 4 is 38.2 Å². The van der Waals surface area contributed by atoms with Crippen LogP contribution in [-0.4, -0.2) is 26.3 Å². The van der Waals surface area contributed by atoms with Gasteiger partial charge in [0, 0.05) is 25.2 Å². The number of thiazole rings is 2. The molecular weight excluding hydrogens is 302 g/mol. The van der Waals surface area contributed by atoms with E-state index in [1.165, 1.54) is 29.0 Å². The monoisotopic (exact) mass is 319 g/mol. The van der Waals surface area contributed by atoms with Crippen LogP contribution in [0.1, 0.15) is 36.0 Å². The molecule has 0 aromatic carbocycles. The Kier molecular flexibility index (Phi) is 3.19. The maximum absolute atomic E-state index is 4.84. The van der Waals surface area contributed by atoms with E-state index in [4.69, 9.17) is 4.98 Å². The third kappa shape index (κ3) is 2.15. The number of anilines is 1. The van der Waals surface area contributed by atoms with Crippen LogP contribution < -0.4 is 4.90 Å². The number of aromatic nitrogens is 4. The molecule has 0 N–H and O–H groups in total. The number of aryl methyl sites for hydroxylation is 2. The summed E-state index contributed by atoms with van der Waals surface area (Å²) in [6, 6.07) is 0.382. The number of nitrogens with zero attached hydrogens (tertiary/aromatic N) is 5. The number of fused-ring (bicyclic) bond motifs is 1. The number of piperidine rings is 1. The lowest BCUT2D eigenvalue weighted by Crippen LogP contribution is -2.33. The summed E-state index contributed by atoms with van der Waals surface area (Å²) in [5.74, 6) is 0. The van der Waals surface area contributed by atoms with Gasteiger partial charge in [0.1, 0.15) is 5.01 Å². The van der Waals surface area contributed by atoms with Gasteiger partial charge in [-0.1, -0.05) is 11.3 Å². The van der Waals surface area contributed by atoms with E-state index in [9.17, 15) is 0 Å². The molecule has 1 atom stereocenters. The van der Waals surface area contributed by atoms with Crippen molar-refractivity contribution in [3.8, 4) is 0 Å². The molecule has 7 heteroatoms. The molecule has 1 fully saturated rings. The molecular formula is C14H17N5S2. The molecule has 1 aliphatic rings. The van der Waals surface area contributed by atoms with Gasteiger partial charge in [-0.2, -0.15) is 5.10 Å². The van der Waals surface area contributed by atoms with Gasteiger partial charge in [-0.15, -0.1) is 11.3 Å². The molecule has 0 unspecified atom stereocenters. The van der Waals surface area contributed by atoms with Gasteiger partial charge in [-0.3, -0.25) is 0 Å². The first-order valence-electron chi connectivity index (χ1n) is 7.20. The van der Waals surface area contributed by atoms with Crippen LogP contribution in [-0.2, 0) is 7.05 Å². The first kappa shape index (κ1) is 13.2. The van der Waals surface area contributed by atoms with Crippen LogP contribution in [0.25, 0.3) is 10.3 Å². The van der Waals surface area contributed by atoms with Crippen molar-refractivity contribution < 1.29 is 0 Å². The first-order chi connectivity index (χ1) is 10.2. The smallest absolute Gasteiger partial charge is 0.188 e. The fourth-order valence-corrected chi connectivity index (χ4v) is 4.91. The van der Waals surface area contributed by atoms with Gasteiger partial charge in [0.05, 0.1) is 16.4 Å². The van der Waals surface area contributed by atoms with Gasteiger partial charge < -0.3 is 4.90 Å². The van der Waals surface area contributed by atoms with Crippen LogP contribution in [0, 0.1) is 6.92 Å². The van der Waals surface area contributed by atoms with Crippen molar-refractivity contribution in [1.29, 1.82) is 0 Å². The van der Waals surface area contributed by atoms with E-state index >= 15 is 0 Å². The van der Waals surface area contributed by atoms with Crippen LogP contribution in [0.4, 0.5) is 5.13 Å². The van der Waals surface area contributed by atoms with Crippen molar-refractivity contribution in [3.05, 3.63) is 22.3 Å². The molecule has 0 radical (unpaired) electrons. The molecule has 3 aromatic heterocycles. The highest BCUT2D eigenvalue weighted by molar-refractivity contribution is 7.22. The second-order valence-electron chi connectivity index (χ2n) is 5.43. The van der Waals surface area contributed by atoms with Gasteiger partial charge in [-0.25, -0.2) is 14.6 Å². The fraction of sp³-hybridized carbons (Fsp3) is 0.500. The second-order valence-corrected chi connectivity index (χ2v) is 7.34. The summed E-state index contributed by atoms with van der Waals surface area (Å²) in [6.07, 6.45) is 5.57. The Balaban J connectivity index is 1.76. The van der Waals surface area contributed by atoms with E-state index < -0.39 is 0 Å². The summed E-state index contributed by atoms with van der Waals surface area (Å²) in [7, 11) is 1.97. The maximum atomic E-state index is 4.84. The third-order valence-electron chi connectivity index (χ3n) is 4.02. The van der Waals surface area contributed by atoms with Crippen molar-refractivity contribution in [2.45, 2.75) is 32.2 Å². The van der Waals surface area contributed by atoms with Crippen molar-refractivity contribution in [1.82, 2.24) is 19.7 Å². The molecule has 0 amide bonds. The van der Waals surface area contributed by atoms with Gasteiger partial charge in [0.2, 0.25) is 0 Å². The third-order valence-corrected chi connectivity index (χ3v) is 6.09. The van der Waals surface area contributed by atoms with Crippen LogP contribution in [0.2, 0.25) is 0 Å². The quantitative estimate of drug-likeness (QED) is 0.725. The Bertz CT molecular complexity index is 723. The SMILES string of the molecule is Cc1nn(C)c2nc(N3CCCC[C@H]3c3nccs3)sc12. The normalized spacial score (nSPS) is 19.5.